The third-order valence-corrected chi connectivity index (χ3v) is 10.6. The number of anilines is 4. The number of thiophene rings is 1. The van der Waals surface area contributed by atoms with Crippen molar-refractivity contribution >= 4 is 54.3 Å². The Balaban J connectivity index is 1.15. The Morgan fingerprint density at radius 1 is 0.553 bits per heavy atom. The van der Waals surface area contributed by atoms with E-state index in [4.69, 9.17) is 4.74 Å². The highest BCUT2D eigenvalue weighted by molar-refractivity contribution is 7.26. The second-order valence-electron chi connectivity index (χ2n) is 12.1. The highest BCUT2D eigenvalue weighted by Gasteiger charge is 2.30. The maximum atomic E-state index is 6.26. The Morgan fingerprint density at radius 2 is 1.23 bits per heavy atom. The van der Waals surface area contributed by atoms with E-state index in [1.165, 1.54) is 59.2 Å². The number of benzene rings is 7. The molecule has 1 unspecified atom stereocenters. The number of fused-ring (bicyclic) bond motifs is 9. The van der Waals surface area contributed by atoms with Crippen LogP contribution in [0.25, 0.3) is 42.4 Å². The molecule has 0 spiro atoms. The van der Waals surface area contributed by atoms with Gasteiger partial charge in [0.15, 0.2) is 11.5 Å². The van der Waals surface area contributed by atoms with Gasteiger partial charge in [0, 0.05) is 37.0 Å². The van der Waals surface area contributed by atoms with E-state index in [9.17, 15) is 0 Å². The standard InChI is InChI=1S/C43H28N2OS/c1-2-11-28(12-3-1)42-33-25-26-39-41(31-13-4-9-20-38(31)47-39)40(33)32-15-10-14-30(43(32)44-42)27-21-23-29(24-22-27)45-34-16-5-7-18-36(34)46-37-19-8-6-17-35(37)45/h1-26,42,44H. The summed E-state index contributed by atoms with van der Waals surface area (Å²) in [5, 5.41) is 6.70. The maximum Gasteiger partial charge on any atom is 0.151 e. The average molecular weight is 621 g/mol. The number of hydrogen-bond donors (Lipinski definition) is 1. The first-order valence-electron chi connectivity index (χ1n) is 16.0. The maximum absolute atomic E-state index is 6.26. The minimum atomic E-state index is 0.0311. The second-order valence-corrected chi connectivity index (χ2v) is 13.2. The van der Waals surface area contributed by atoms with Crippen LogP contribution in [0.15, 0.2) is 158 Å². The quantitative estimate of drug-likeness (QED) is 0.213. The summed E-state index contributed by atoms with van der Waals surface area (Å²) in [6.07, 6.45) is 0. The number of hydrogen-bond acceptors (Lipinski definition) is 4. The van der Waals surface area contributed by atoms with E-state index in [1.54, 1.807) is 0 Å². The van der Waals surface area contributed by atoms with Crippen molar-refractivity contribution in [1.82, 2.24) is 0 Å². The van der Waals surface area contributed by atoms with Crippen molar-refractivity contribution in [1.29, 1.82) is 0 Å². The molecule has 0 amide bonds. The van der Waals surface area contributed by atoms with Crippen LogP contribution in [0.2, 0.25) is 0 Å². The molecule has 0 radical (unpaired) electrons. The summed E-state index contributed by atoms with van der Waals surface area (Å²) in [4.78, 5) is 2.29. The van der Waals surface area contributed by atoms with Crippen molar-refractivity contribution in [2.45, 2.75) is 6.04 Å². The molecule has 3 nitrogen and oxygen atoms in total. The van der Waals surface area contributed by atoms with E-state index in [0.717, 1.165) is 28.6 Å². The molecule has 4 heteroatoms. The zero-order valence-corrected chi connectivity index (χ0v) is 26.2. The Hall–Kier alpha value is -5.84. The van der Waals surface area contributed by atoms with Crippen LogP contribution in [0.5, 0.6) is 11.5 Å². The number of rotatable bonds is 3. The molecule has 3 heterocycles. The molecule has 0 saturated heterocycles. The fourth-order valence-electron chi connectivity index (χ4n) is 7.42. The largest absolute Gasteiger partial charge is 0.453 e. The van der Waals surface area contributed by atoms with Crippen molar-refractivity contribution in [3.63, 3.8) is 0 Å². The predicted molar refractivity (Wildman–Crippen MR) is 197 cm³/mol. The van der Waals surface area contributed by atoms with Crippen molar-refractivity contribution in [3.8, 4) is 33.8 Å². The molecule has 2 aliphatic rings. The molecule has 0 bridgehead atoms. The number of para-hydroxylation sites is 5. The second kappa shape index (κ2) is 10.3. The van der Waals surface area contributed by atoms with E-state index in [-0.39, 0.29) is 6.04 Å². The van der Waals surface area contributed by atoms with E-state index < -0.39 is 0 Å². The lowest BCUT2D eigenvalue weighted by Crippen LogP contribution is -2.19. The average Bonchev–Trinajstić information content (AvgIpc) is 3.53. The predicted octanol–water partition coefficient (Wildman–Crippen LogP) is 12.5. The summed E-state index contributed by atoms with van der Waals surface area (Å²) >= 11 is 1.88. The van der Waals surface area contributed by atoms with Crippen molar-refractivity contribution in [3.05, 3.63) is 169 Å². The molecule has 47 heavy (non-hydrogen) atoms. The molecule has 7 aromatic carbocycles. The van der Waals surface area contributed by atoms with Crippen molar-refractivity contribution < 1.29 is 4.74 Å². The zero-order chi connectivity index (χ0) is 30.9. The van der Waals surface area contributed by atoms with Gasteiger partial charge in [-0.2, -0.15) is 0 Å². The lowest BCUT2D eigenvalue weighted by Gasteiger charge is -2.33. The first-order valence-corrected chi connectivity index (χ1v) is 16.8. The summed E-state index contributed by atoms with van der Waals surface area (Å²) in [5.41, 5.74) is 11.9. The Labute approximate surface area is 276 Å². The van der Waals surface area contributed by atoms with Crippen LogP contribution in [0, 0.1) is 0 Å². The molecule has 222 valence electrons. The summed E-state index contributed by atoms with van der Waals surface area (Å²) in [5.74, 6) is 1.71. The van der Waals surface area contributed by atoms with E-state index >= 15 is 0 Å². The van der Waals surface area contributed by atoms with Gasteiger partial charge in [-0.25, -0.2) is 0 Å². The van der Waals surface area contributed by atoms with Gasteiger partial charge in [-0.15, -0.1) is 11.3 Å². The van der Waals surface area contributed by atoms with Crippen LogP contribution in [0.4, 0.5) is 22.7 Å². The SMILES string of the molecule is c1ccc(C2Nc3c(-c4ccc(N5c6ccccc6Oc6ccccc65)cc4)cccc3-c3c2ccc2sc4ccccc4c32)cc1. The van der Waals surface area contributed by atoms with Gasteiger partial charge in [-0.3, -0.25) is 0 Å². The monoisotopic (exact) mass is 620 g/mol. The fraction of sp³-hybridized carbons (Fsp3) is 0.0233. The molecule has 0 saturated carbocycles. The minimum absolute atomic E-state index is 0.0311. The molecule has 1 N–H and O–H groups in total. The molecule has 1 aromatic heterocycles. The van der Waals surface area contributed by atoms with Crippen LogP contribution in [-0.2, 0) is 0 Å². The van der Waals surface area contributed by atoms with E-state index in [2.05, 4.69) is 144 Å². The van der Waals surface area contributed by atoms with Gasteiger partial charge >= 0.3 is 0 Å². The van der Waals surface area contributed by atoms with Crippen molar-refractivity contribution in [2.75, 3.05) is 10.2 Å². The van der Waals surface area contributed by atoms with Crippen LogP contribution in [0.3, 0.4) is 0 Å². The molecular formula is C43H28N2OS. The Kier molecular flexibility index (Phi) is 5.81. The third-order valence-electron chi connectivity index (χ3n) is 9.51. The van der Waals surface area contributed by atoms with Crippen LogP contribution in [0.1, 0.15) is 17.2 Å². The summed E-state index contributed by atoms with van der Waals surface area (Å²) in [6, 6.07) is 56.5. The Morgan fingerprint density at radius 3 is 2.02 bits per heavy atom. The van der Waals surface area contributed by atoms with E-state index in [0.29, 0.717) is 0 Å². The lowest BCUT2D eigenvalue weighted by molar-refractivity contribution is 0.477. The van der Waals surface area contributed by atoms with E-state index in [1.807, 2.05) is 35.6 Å². The molecule has 0 fully saturated rings. The van der Waals surface area contributed by atoms with Gasteiger partial charge in [0.1, 0.15) is 0 Å². The van der Waals surface area contributed by atoms with Gasteiger partial charge in [0.05, 0.1) is 23.1 Å². The zero-order valence-electron chi connectivity index (χ0n) is 25.4. The smallest absolute Gasteiger partial charge is 0.151 e. The third kappa shape index (κ3) is 4.05. The van der Waals surface area contributed by atoms with Crippen LogP contribution in [-0.4, -0.2) is 0 Å². The molecule has 10 rings (SSSR count). The summed E-state index contributed by atoms with van der Waals surface area (Å²) < 4.78 is 8.91. The fourth-order valence-corrected chi connectivity index (χ4v) is 8.54. The number of nitrogens with one attached hydrogen (secondary N) is 1. The summed E-state index contributed by atoms with van der Waals surface area (Å²) in [6.45, 7) is 0. The molecule has 2 aliphatic heterocycles. The molecule has 0 aliphatic carbocycles. The van der Waals surface area contributed by atoms with Gasteiger partial charge in [-0.1, -0.05) is 109 Å². The molecular weight excluding hydrogens is 593 g/mol. The van der Waals surface area contributed by atoms with Crippen LogP contribution >= 0.6 is 11.3 Å². The highest BCUT2D eigenvalue weighted by Crippen LogP contribution is 2.53. The Bertz CT molecular complexity index is 2440. The van der Waals surface area contributed by atoms with Gasteiger partial charge < -0.3 is 15.0 Å². The van der Waals surface area contributed by atoms with Gasteiger partial charge in [0.2, 0.25) is 0 Å². The summed E-state index contributed by atoms with van der Waals surface area (Å²) in [7, 11) is 0. The molecule has 1 atom stereocenters. The topological polar surface area (TPSA) is 24.5 Å². The first kappa shape index (κ1) is 26.4. The van der Waals surface area contributed by atoms with Crippen LogP contribution < -0.4 is 15.0 Å². The minimum Gasteiger partial charge on any atom is -0.453 e. The lowest BCUT2D eigenvalue weighted by atomic mass is 9.82. The highest BCUT2D eigenvalue weighted by atomic mass is 32.1. The normalized spacial score (nSPS) is 14.5. The molecule has 8 aromatic rings. The number of ether oxygens (including phenoxy) is 1. The number of nitrogens with zero attached hydrogens (tertiary/aromatic N) is 1. The van der Waals surface area contributed by atoms with Crippen molar-refractivity contribution in [2.24, 2.45) is 0 Å². The first-order chi connectivity index (χ1) is 23.3. The van der Waals surface area contributed by atoms with Gasteiger partial charge in [-0.05, 0) is 70.8 Å². The van der Waals surface area contributed by atoms with Gasteiger partial charge in [0.25, 0.3) is 0 Å².